The summed E-state index contributed by atoms with van der Waals surface area (Å²) in [6.45, 7) is 4.65. The number of fused-ring (bicyclic) bond motifs is 1. The Balaban J connectivity index is 1.51. The predicted molar refractivity (Wildman–Crippen MR) is 102 cm³/mol. The molecule has 0 aliphatic carbocycles. The maximum absolute atomic E-state index is 12.7. The molecule has 0 radical (unpaired) electrons. The zero-order valence-corrected chi connectivity index (χ0v) is 15.8. The summed E-state index contributed by atoms with van der Waals surface area (Å²) in [6.07, 6.45) is 1.90. The highest BCUT2D eigenvalue weighted by Gasteiger charge is 2.27. The average Bonchev–Trinajstić information content (AvgIpc) is 3.37. The standard InChI is InChI=1S/C19H23N5O4/c1-2-27-14-7-5-13(6-8-14)23-9-10-24-18(26)16(21-22-19(23)24)17(25)20-12-15-4-3-11-28-15/h5-8,15H,2-4,9-12H2,1H3,(H,20,25)/t15-/m1/s1. The van der Waals surface area contributed by atoms with E-state index in [1.807, 2.05) is 36.1 Å². The molecule has 3 heterocycles. The summed E-state index contributed by atoms with van der Waals surface area (Å²) in [7, 11) is 0. The predicted octanol–water partition coefficient (Wildman–Crippen LogP) is 1.10. The molecule has 1 atom stereocenters. The van der Waals surface area contributed by atoms with Crippen molar-refractivity contribution in [3.8, 4) is 5.75 Å². The van der Waals surface area contributed by atoms with E-state index in [1.165, 1.54) is 4.57 Å². The molecule has 2 aliphatic heterocycles. The molecule has 0 spiro atoms. The van der Waals surface area contributed by atoms with E-state index in [0.717, 1.165) is 24.3 Å². The van der Waals surface area contributed by atoms with Crippen molar-refractivity contribution >= 4 is 17.5 Å². The number of aromatic nitrogens is 3. The number of anilines is 2. The molecule has 0 bridgehead atoms. The molecule has 4 rings (SSSR count). The first-order valence-corrected chi connectivity index (χ1v) is 9.55. The summed E-state index contributed by atoms with van der Waals surface area (Å²) in [5.74, 6) is 0.708. The third-order valence-electron chi connectivity index (χ3n) is 4.91. The van der Waals surface area contributed by atoms with Gasteiger partial charge in [-0.05, 0) is 44.0 Å². The molecule has 9 heteroatoms. The molecule has 9 nitrogen and oxygen atoms in total. The Morgan fingerprint density at radius 1 is 1.29 bits per heavy atom. The van der Waals surface area contributed by atoms with Crippen molar-refractivity contribution in [2.24, 2.45) is 0 Å². The zero-order chi connectivity index (χ0) is 19.5. The zero-order valence-electron chi connectivity index (χ0n) is 15.8. The van der Waals surface area contributed by atoms with E-state index >= 15 is 0 Å². The monoisotopic (exact) mass is 385 g/mol. The summed E-state index contributed by atoms with van der Waals surface area (Å²) in [6, 6.07) is 7.57. The van der Waals surface area contributed by atoms with E-state index in [9.17, 15) is 9.59 Å². The molecule has 0 saturated carbocycles. The Hall–Kier alpha value is -2.94. The molecule has 1 N–H and O–H groups in total. The van der Waals surface area contributed by atoms with Crippen LogP contribution in [0.1, 0.15) is 30.3 Å². The minimum Gasteiger partial charge on any atom is -0.494 e. The molecule has 1 saturated heterocycles. The highest BCUT2D eigenvalue weighted by atomic mass is 16.5. The second-order valence-corrected chi connectivity index (χ2v) is 6.73. The van der Waals surface area contributed by atoms with Crippen LogP contribution < -0.4 is 20.5 Å². The number of hydrogen-bond donors (Lipinski definition) is 1. The van der Waals surface area contributed by atoms with Crippen molar-refractivity contribution in [3.63, 3.8) is 0 Å². The Bertz CT molecular complexity index is 906. The van der Waals surface area contributed by atoms with Gasteiger partial charge in [0.25, 0.3) is 11.5 Å². The maximum Gasteiger partial charge on any atom is 0.286 e. The van der Waals surface area contributed by atoms with Crippen LogP contribution in [-0.2, 0) is 11.3 Å². The van der Waals surface area contributed by atoms with Gasteiger partial charge in [-0.2, -0.15) is 0 Å². The van der Waals surface area contributed by atoms with Crippen LogP contribution in [0.25, 0.3) is 0 Å². The number of nitrogens with zero attached hydrogens (tertiary/aromatic N) is 4. The minimum absolute atomic E-state index is 0.00393. The summed E-state index contributed by atoms with van der Waals surface area (Å²) in [5, 5.41) is 10.8. The molecule has 2 aliphatic rings. The van der Waals surface area contributed by atoms with E-state index < -0.39 is 11.5 Å². The Morgan fingerprint density at radius 3 is 2.82 bits per heavy atom. The van der Waals surface area contributed by atoms with E-state index in [-0.39, 0.29) is 11.8 Å². The fraction of sp³-hybridized carbons (Fsp3) is 0.474. The van der Waals surface area contributed by atoms with Crippen LogP contribution in [0.3, 0.4) is 0 Å². The summed E-state index contributed by atoms with van der Waals surface area (Å²) >= 11 is 0. The quantitative estimate of drug-likeness (QED) is 0.795. The Morgan fingerprint density at radius 2 is 2.11 bits per heavy atom. The first-order valence-electron chi connectivity index (χ1n) is 9.55. The lowest BCUT2D eigenvalue weighted by Gasteiger charge is -2.17. The van der Waals surface area contributed by atoms with Crippen molar-refractivity contribution < 1.29 is 14.3 Å². The van der Waals surface area contributed by atoms with Gasteiger partial charge in [0.2, 0.25) is 11.6 Å². The van der Waals surface area contributed by atoms with Crippen LogP contribution in [-0.4, -0.2) is 53.1 Å². The van der Waals surface area contributed by atoms with Crippen molar-refractivity contribution in [2.75, 3.05) is 31.2 Å². The number of carbonyl (C=O) groups excluding carboxylic acids is 1. The Labute approximate surface area is 162 Å². The van der Waals surface area contributed by atoms with Crippen LogP contribution in [0.4, 0.5) is 11.6 Å². The van der Waals surface area contributed by atoms with Gasteiger partial charge in [0.15, 0.2) is 0 Å². The number of benzene rings is 1. The molecule has 1 amide bonds. The largest absolute Gasteiger partial charge is 0.494 e. The molecule has 0 unspecified atom stereocenters. The molecule has 28 heavy (non-hydrogen) atoms. The number of carbonyl (C=O) groups is 1. The highest BCUT2D eigenvalue weighted by molar-refractivity contribution is 5.91. The SMILES string of the molecule is CCOc1ccc(N2CCn3c2nnc(C(=O)NC[C@H]2CCCO2)c3=O)cc1. The van der Waals surface area contributed by atoms with Gasteiger partial charge in [-0.1, -0.05) is 0 Å². The lowest BCUT2D eigenvalue weighted by molar-refractivity contribution is 0.0851. The smallest absolute Gasteiger partial charge is 0.286 e. The van der Waals surface area contributed by atoms with Crippen molar-refractivity contribution in [1.29, 1.82) is 0 Å². The minimum atomic E-state index is -0.511. The normalized spacial score (nSPS) is 18.2. The molecule has 1 fully saturated rings. The molecule has 1 aromatic heterocycles. The summed E-state index contributed by atoms with van der Waals surface area (Å²) in [5.41, 5.74) is 0.276. The average molecular weight is 385 g/mol. The van der Waals surface area contributed by atoms with Gasteiger partial charge in [-0.15, -0.1) is 10.2 Å². The first-order chi connectivity index (χ1) is 13.7. The number of ether oxygens (including phenoxy) is 2. The van der Waals surface area contributed by atoms with Crippen LogP contribution in [0.15, 0.2) is 29.1 Å². The molecular formula is C19H23N5O4. The second kappa shape index (κ2) is 7.97. The lowest BCUT2D eigenvalue weighted by Crippen LogP contribution is -2.38. The Kier molecular flexibility index (Phi) is 5.25. The topological polar surface area (TPSA) is 98.6 Å². The van der Waals surface area contributed by atoms with Gasteiger partial charge in [0, 0.05) is 31.9 Å². The third-order valence-corrected chi connectivity index (χ3v) is 4.91. The first kappa shape index (κ1) is 18.4. The van der Waals surface area contributed by atoms with Crippen LogP contribution in [0, 0.1) is 0 Å². The van der Waals surface area contributed by atoms with E-state index in [1.54, 1.807) is 0 Å². The highest BCUT2D eigenvalue weighted by Crippen LogP contribution is 2.28. The van der Waals surface area contributed by atoms with E-state index in [2.05, 4.69) is 15.5 Å². The van der Waals surface area contributed by atoms with Gasteiger partial charge >= 0.3 is 0 Å². The van der Waals surface area contributed by atoms with Gasteiger partial charge in [-0.3, -0.25) is 14.2 Å². The van der Waals surface area contributed by atoms with Crippen molar-refractivity contribution in [2.45, 2.75) is 32.4 Å². The number of rotatable bonds is 6. The van der Waals surface area contributed by atoms with Crippen LogP contribution >= 0.6 is 0 Å². The van der Waals surface area contributed by atoms with Gasteiger partial charge in [-0.25, -0.2) is 0 Å². The van der Waals surface area contributed by atoms with Crippen LogP contribution in [0.2, 0.25) is 0 Å². The molecule has 2 aromatic rings. The molecule has 148 valence electrons. The van der Waals surface area contributed by atoms with E-state index in [4.69, 9.17) is 9.47 Å². The van der Waals surface area contributed by atoms with Crippen molar-refractivity contribution in [3.05, 3.63) is 40.3 Å². The fourth-order valence-electron chi connectivity index (χ4n) is 3.48. The maximum atomic E-state index is 12.7. The summed E-state index contributed by atoms with van der Waals surface area (Å²) in [4.78, 5) is 27.0. The second-order valence-electron chi connectivity index (χ2n) is 6.73. The fourth-order valence-corrected chi connectivity index (χ4v) is 3.48. The summed E-state index contributed by atoms with van der Waals surface area (Å²) < 4.78 is 12.4. The van der Waals surface area contributed by atoms with Gasteiger partial charge < -0.3 is 19.7 Å². The number of amides is 1. The number of nitrogens with one attached hydrogen (secondary N) is 1. The van der Waals surface area contributed by atoms with Gasteiger partial charge in [0.05, 0.1) is 12.7 Å². The third kappa shape index (κ3) is 3.57. The number of hydrogen-bond acceptors (Lipinski definition) is 7. The molecule has 1 aromatic carbocycles. The molecular weight excluding hydrogens is 362 g/mol. The van der Waals surface area contributed by atoms with Gasteiger partial charge in [0.1, 0.15) is 5.75 Å². The van der Waals surface area contributed by atoms with Crippen molar-refractivity contribution in [1.82, 2.24) is 20.1 Å². The van der Waals surface area contributed by atoms with Crippen LogP contribution in [0.5, 0.6) is 5.75 Å². The van der Waals surface area contributed by atoms with E-state index in [0.29, 0.717) is 38.8 Å². The lowest BCUT2D eigenvalue weighted by atomic mass is 10.2.